The van der Waals surface area contributed by atoms with E-state index >= 15 is 0 Å². The lowest BCUT2D eigenvalue weighted by molar-refractivity contribution is -0.165. The number of likely N-dealkylation sites (N-methyl/N-ethyl adjacent to an activating group) is 1. The first kappa shape index (κ1) is 35.9. The molecule has 270 valence electrons. The molecule has 1 aromatic heterocycles. The molecule has 3 fully saturated rings. The van der Waals surface area contributed by atoms with Crippen LogP contribution in [0.1, 0.15) is 51.2 Å². The minimum Gasteiger partial charge on any atom is -0.455 e. The maximum Gasteiger partial charge on any atom is 0.313 e. The number of ether oxygens (including phenoxy) is 2. The van der Waals surface area contributed by atoms with Crippen LogP contribution in [0.5, 0.6) is 0 Å². The van der Waals surface area contributed by atoms with Crippen LogP contribution in [-0.4, -0.2) is 109 Å². The average Bonchev–Trinajstić information content (AvgIpc) is 3.91. The van der Waals surface area contributed by atoms with Gasteiger partial charge in [0, 0.05) is 20.0 Å². The summed E-state index contributed by atoms with van der Waals surface area (Å²) >= 11 is 0. The van der Waals surface area contributed by atoms with E-state index in [2.05, 4.69) is 23.5 Å². The molecule has 13 heteroatoms. The number of para-hydroxylation sites is 1. The largest absolute Gasteiger partial charge is 0.455 e. The van der Waals surface area contributed by atoms with E-state index in [1.807, 2.05) is 61.5 Å². The monoisotopic (exact) mass is 698 g/mol. The highest BCUT2D eigenvalue weighted by atomic mass is 16.6. The molecule has 4 heterocycles. The number of likely N-dealkylation sites (tertiary alicyclic amines) is 1. The van der Waals surface area contributed by atoms with Crippen LogP contribution < -0.4 is 0 Å². The molecule has 8 atom stereocenters. The molecule has 3 aliphatic rings. The number of hydrogen-bond acceptors (Lipinski definition) is 9. The molecular formula is C38H46N6O7. The SMILES string of the molecule is C=CCCC(=O)N(C)[C@@H](C)[C@@H](OC(=O)[C@@H]1[C@H]2C(=O)N([C@H](C)CO)[C@H](C(=O)N(CC=C)Cn3nnc4ccccc43)[C@]23CC[C@H]1O3)c1ccccc1. The molecule has 2 aromatic carbocycles. The van der Waals surface area contributed by atoms with E-state index in [9.17, 15) is 24.3 Å². The van der Waals surface area contributed by atoms with E-state index in [0.717, 1.165) is 5.52 Å². The Balaban J connectivity index is 1.32. The molecule has 0 aliphatic carbocycles. The molecule has 1 spiro atoms. The third-order valence-corrected chi connectivity index (χ3v) is 10.7. The van der Waals surface area contributed by atoms with Crippen LogP contribution in [0.2, 0.25) is 0 Å². The van der Waals surface area contributed by atoms with Crippen molar-refractivity contribution in [2.45, 2.75) is 82.1 Å². The smallest absolute Gasteiger partial charge is 0.313 e. The lowest BCUT2D eigenvalue weighted by atomic mass is 9.70. The second-order valence-corrected chi connectivity index (χ2v) is 13.7. The number of esters is 1. The minimum atomic E-state index is -1.32. The number of fused-ring (bicyclic) bond motifs is 2. The Morgan fingerprint density at radius 2 is 1.84 bits per heavy atom. The Labute approximate surface area is 297 Å². The van der Waals surface area contributed by atoms with Crippen LogP contribution in [0.3, 0.4) is 0 Å². The van der Waals surface area contributed by atoms with Gasteiger partial charge < -0.3 is 29.3 Å². The van der Waals surface area contributed by atoms with Gasteiger partial charge in [-0.1, -0.05) is 59.8 Å². The Morgan fingerprint density at radius 3 is 2.55 bits per heavy atom. The lowest BCUT2D eigenvalue weighted by Crippen LogP contribution is -2.58. The van der Waals surface area contributed by atoms with Crippen molar-refractivity contribution in [3.63, 3.8) is 0 Å². The van der Waals surface area contributed by atoms with E-state index < -0.39 is 72.2 Å². The summed E-state index contributed by atoms with van der Waals surface area (Å²) in [5.74, 6) is -3.60. The highest BCUT2D eigenvalue weighted by Crippen LogP contribution is 2.59. The summed E-state index contributed by atoms with van der Waals surface area (Å²) in [4.78, 5) is 61.2. The third kappa shape index (κ3) is 6.33. The van der Waals surface area contributed by atoms with Gasteiger partial charge >= 0.3 is 5.97 Å². The number of hydrogen-bond donors (Lipinski definition) is 1. The number of aliphatic hydroxyl groups excluding tert-OH is 1. The molecule has 3 aromatic rings. The van der Waals surface area contributed by atoms with E-state index in [4.69, 9.17) is 9.47 Å². The van der Waals surface area contributed by atoms with Crippen LogP contribution in [-0.2, 0) is 35.3 Å². The third-order valence-electron chi connectivity index (χ3n) is 10.7. The van der Waals surface area contributed by atoms with Crippen molar-refractivity contribution in [3.05, 3.63) is 85.5 Å². The number of amides is 3. The predicted molar refractivity (Wildman–Crippen MR) is 187 cm³/mol. The zero-order valence-corrected chi connectivity index (χ0v) is 29.3. The first-order chi connectivity index (χ1) is 24.6. The number of carbonyl (C=O) groups excluding carboxylic acids is 4. The predicted octanol–water partition coefficient (Wildman–Crippen LogP) is 3.26. The minimum absolute atomic E-state index is 0.0305. The summed E-state index contributed by atoms with van der Waals surface area (Å²) in [5.41, 5.74) is 0.779. The van der Waals surface area contributed by atoms with Crippen molar-refractivity contribution < 1.29 is 33.8 Å². The Kier molecular flexibility index (Phi) is 10.4. The summed E-state index contributed by atoms with van der Waals surface area (Å²) in [7, 11) is 1.68. The molecule has 0 unspecified atom stereocenters. The van der Waals surface area contributed by atoms with Crippen LogP contribution in [0, 0.1) is 11.8 Å². The van der Waals surface area contributed by atoms with E-state index in [-0.39, 0.29) is 25.5 Å². The van der Waals surface area contributed by atoms with E-state index in [1.165, 1.54) is 9.80 Å². The fourth-order valence-corrected chi connectivity index (χ4v) is 8.05. The summed E-state index contributed by atoms with van der Waals surface area (Å²) in [6.07, 6.45) is 3.38. The molecule has 0 radical (unpaired) electrons. The van der Waals surface area contributed by atoms with Gasteiger partial charge in [-0.15, -0.1) is 18.3 Å². The zero-order chi connectivity index (χ0) is 36.4. The second-order valence-electron chi connectivity index (χ2n) is 13.7. The zero-order valence-electron chi connectivity index (χ0n) is 29.3. The maximum absolute atomic E-state index is 14.7. The van der Waals surface area contributed by atoms with Crippen molar-refractivity contribution in [2.24, 2.45) is 11.8 Å². The fraction of sp³-hybridized carbons (Fsp3) is 0.474. The van der Waals surface area contributed by atoms with Gasteiger partial charge in [-0.05, 0) is 50.8 Å². The maximum atomic E-state index is 14.7. The molecule has 51 heavy (non-hydrogen) atoms. The molecule has 3 aliphatic heterocycles. The number of benzene rings is 2. The van der Waals surface area contributed by atoms with Crippen molar-refractivity contribution in [2.75, 3.05) is 20.2 Å². The molecular weight excluding hydrogens is 652 g/mol. The van der Waals surface area contributed by atoms with Crippen LogP contribution in [0.4, 0.5) is 0 Å². The molecule has 3 saturated heterocycles. The number of allylic oxidation sites excluding steroid dienone is 1. The van der Waals surface area contributed by atoms with Gasteiger partial charge in [-0.2, -0.15) is 0 Å². The summed E-state index contributed by atoms with van der Waals surface area (Å²) in [6, 6.07) is 14.2. The molecule has 0 saturated carbocycles. The molecule has 13 nitrogen and oxygen atoms in total. The van der Waals surface area contributed by atoms with Crippen molar-refractivity contribution in [3.8, 4) is 0 Å². The number of rotatable bonds is 15. The quantitative estimate of drug-likeness (QED) is 0.187. The van der Waals surface area contributed by atoms with Crippen molar-refractivity contribution in [1.82, 2.24) is 29.7 Å². The number of aliphatic hydroxyl groups is 1. The number of nitrogens with zero attached hydrogens (tertiary/aromatic N) is 6. The van der Waals surface area contributed by atoms with Gasteiger partial charge in [0.05, 0.1) is 42.1 Å². The van der Waals surface area contributed by atoms with Gasteiger partial charge in [0.2, 0.25) is 17.7 Å². The van der Waals surface area contributed by atoms with Gasteiger partial charge in [0.1, 0.15) is 29.9 Å². The second kappa shape index (κ2) is 14.8. The highest BCUT2D eigenvalue weighted by Gasteiger charge is 2.75. The Hall–Kier alpha value is -4.88. The molecule has 2 bridgehead atoms. The van der Waals surface area contributed by atoms with Gasteiger partial charge in [0.15, 0.2) is 0 Å². The van der Waals surface area contributed by atoms with Crippen LogP contribution in [0.15, 0.2) is 79.9 Å². The number of carbonyl (C=O) groups is 4. The van der Waals surface area contributed by atoms with Crippen LogP contribution >= 0.6 is 0 Å². The fourth-order valence-electron chi connectivity index (χ4n) is 8.05. The van der Waals surface area contributed by atoms with E-state index in [1.54, 1.807) is 35.7 Å². The number of aromatic nitrogens is 3. The van der Waals surface area contributed by atoms with Gasteiger partial charge in [-0.25, -0.2) is 4.68 Å². The molecule has 6 rings (SSSR count). The molecule has 1 N–H and O–H groups in total. The highest BCUT2D eigenvalue weighted by molar-refractivity contribution is 5.98. The van der Waals surface area contributed by atoms with E-state index in [0.29, 0.717) is 30.3 Å². The van der Waals surface area contributed by atoms with Crippen LogP contribution in [0.25, 0.3) is 11.0 Å². The standard InChI is InChI=1S/C38H46N6O7/c1-6-8-18-30(46)41(5)25(4)33(26-14-10-9-11-15-26)50-37(49)31-29-19-20-38(51-29)32(31)35(47)44(24(3)22-45)34(38)36(48)42(21-7-2)23-43-28-17-13-12-16-27(28)39-40-43/h6-7,9-17,24-25,29,31-34,45H,1-2,8,18-23H2,3-5H3/t24-,25+,29-,31+,32+,33-,34-,38+/m1/s1. The first-order valence-corrected chi connectivity index (χ1v) is 17.5. The topological polar surface area (TPSA) is 147 Å². The average molecular weight is 699 g/mol. The van der Waals surface area contributed by atoms with Gasteiger partial charge in [0.25, 0.3) is 0 Å². The van der Waals surface area contributed by atoms with Gasteiger partial charge in [-0.3, -0.25) is 19.2 Å². The summed E-state index contributed by atoms with van der Waals surface area (Å²) in [5, 5.41) is 18.8. The molecule has 3 amide bonds. The summed E-state index contributed by atoms with van der Waals surface area (Å²) < 4.78 is 14.5. The van der Waals surface area contributed by atoms with Crippen molar-refractivity contribution in [1.29, 1.82) is 0 Å². The summed E-state index contributed by atoms with van der Waals surface area (Å²) in [6.45, 7) is 10.8. The lowest BCUT2D eigenvalue weighted by Gasteiger charge is -2.38. The Morgan fingerprint density at radius 1 is 1.12 bits per heavy atom. The first-order valence-electron chi connectivity index (χ1n) is 17.5. The normalized spacial score (nSPS) is 25.3. The van der Waals surface area contributed by atoms with Crippen molar-refractivity contribution >= 4 is 34.7 Å². The Bertz CT molecular complexity index is 1800.